The number of amides is 2. The maximum absolute atomic E-state index is 13.2. The van der Waals surface area contributed by atoms with E-state index in [4.69, 9.17) is 9.47 Å². The van der Waals surface area contributed by atoms with Crippen LogP contribution in [0.4, 0.5) is 0 Å². The van der Waals surface area contributed by atoms with Crippen LogP contribution in [0.3, 0.4) is 0 Å². The molecule has 2 bridgehead atoms. The molecule has 5 rings (SSSR count). The molecule has 0 aliphatic carbocycles. The maximum Gasteiger partial charge on any atom is 0.332 e. The lowest BCUT2D eigenvalue weighted by Crippen LogP contribution is -2.54. The van der Waals surface area contributed by atoms with E-state index in [9.17, 15) is 14.4 Å². The van der Waals surface area contributed by atoms with E-state index in [1.165, 1.54) is 0 Å². The van der Waals surface area contributed by atoms with Crippen molar-refractivity contribution in [2.75, 3.05) is 6.54 Å². The number of ether oxygens (including phenoxy) is 2. The van der Waals surface area contributed by atoms with Crippen molar-refractivity contribution >= 4 is 17.8 Å². The van der Waals surface area contributed by atoms with Crippen LogP contribution < -0.4 is 10.1 Å². The van der Waals surface area contributed by atoms with Crippen molar-refractivity contribution in [1.29, 1.82) is 0 Å². The zero-order chi connectivity index (χ0) is 25.0. The highest BCUT2D eigenvalue weighted by Gasteiger charge is 2.59. The Morgan fingerprint density at radius 1 is 0.833 bits per heavy atom. The molecule has 7 nitrogen and oxygen atoms in total. The van der Waals surface area contributed by atoms with Gasteiger partial charge in [0.15, 0.2) is 0 Å². The van der Waals surface area contributed by atoms with Crippen LogP contribution in [-0.4, -0.2) is 40.8 Å². The van der Waals surface area contributed by atoms with Crippen LogP contribution in [0.15, 0.2) is 84.9 Å². The van der Waals surface area contributed by atoms with E-state index in [1.54, 1.807) is 29.2 Å². The van der Waals surface area contributed by atoms with Crippen molar-refractivity contribution in [3.8, 4) is 11.5 Å². The summed E-state index contributed by atoms with van der Waals surface area (Å²) in [6, 6.07) is 25.6. The number of esters is 1. The number of carbonyl (C=O) groups is 3. The first-order valence-corrected chi connectivity index (χ1v) is 12.2. The predicted octanol–water partition coefficient (Wildman–Crippen LogP) is 4.48. The summed E-state index contributed by atoms with van der Waals surface area (Å²) >= 11 is 0. The van der Waals surface area contributed by atoms with E-state index >= 15 is 0 Å². The smallest absolute Gasteiger partial charge is 0.332 e. The fraction of sp³-hybridized carbons (Fsp3) is 0.276. The molecule has 7 heteroatoms. The normalized spacial score (nSPS) is 20.1. The van der Waals surface area contributed by atoms with Gasteiger partial charge in [0.1, 0.15) is 23.6 Å². The van der Waals surface area contributed by atoms with E-state index in [0.29, 0.717) is 29.9 Å². The average Bonchev–Trinajstić information content (AvgIpc) is 3.49. The Hall–Kier alpha value is -4.13. The Kier molecular flexibility index (Phi) is 6.71. The molecule has 2 heterocycles. The minimum atomic E-state index is -0.933. The summed E-state index contributed by atoms with van der Waals surface area (Å²) in [5, 5.41) is 2.70. The number of para-hydroxylation sites is 1. The molecule has 2 saturated heterocycles. The summed E-state index contributed by atoms with van der Waals surface area (Å²) < 4.78 is 11.4. The molecule has 2 amide bonds. The van der Waals surface area contributed by atoms with Crippen molar-refractivity contribution in [3.63, 3.8) is 0 Å². The molecule has 36 heavy (non-hydrogen) atoms. The van der Waals surface area contributed by atoms with Crippen LogP contribution in [0, 0.1) is 0 Å². The summed E-state index contributed by atoms with van der Waals surface area (Å²) in [4.78, 5) is 40.6. The summed E-state index contributed by atoms with van der Waals surface area (Å²) in [5.41, 5.74) is 0.391. The van der Waals surface area contributed by atoms with E-state index in [0.717, 1.165) is 18.4 Å². The van der Waals surface area contributed by atoms with Gasteiger partial charge in [-0.25, -0.2) is 4.79 Å². The second kappa shape index (κ2) is 10.2. The van der Waals surface area contributed by atoms with E-state index in [-0.39, 0.29) is 37.0 Å². The van der Waals surface area contributed by atoms with Crippen molar-refractivity contribution in [1.82, 2.24) is 10.2 Å². The largest absolute Gasteiger partial charge is 0.459 e. The molecule has 0 radical (unpaired) electrons. The molecule has 0 atom stereocenters. The minimum Gasteiger partial charge on any atom is -0.459 e. The molecular weight excluding hydrogens is 456 g/mol. The number of nitrogens with zero attached hydrogens (tertiary/aromatic N) is 1. The van der Waals surface area contributed by atoms with E-state index in [1.807, 2.05) is 60.7 Å². The third-order valence-electron chi connectivity index (χ3n) is 6.97. The molecule has 0 aromatic heterocycles. The molecule has 2 aliphatic rings. The van der Waals surface area contributed by atoms with Gasteiger partial charge in [0.25, 0.3) is 5.91 Å². The zero-order valence-corrected chi connectivity index (χ0v) is 19.9. The highest BCUT2D eigenvalue weighted by Crippen LogP contribution is 2.47. The van der Waals surface area contributed by atoms with Crippen LogP contribution in [0.1, 0.15) is 41.6 Å². The number of fused-ring (bicyclic) bond motifs is 2. The highest BCUT2D eigenvalue weighted by atomic mass is 16.5. The SMILES string of the molecule is O=C(NCC(=O)N1C2CCC1(C(=O)OCc1ccccc1)CC2)c1ccc(Oc2ccccc2)cc1. The first kappa shape index (κ1) is 23.6. The monoisotopic (exact) mass is 484 g/mol. The van der Waals surface area contributed by atoms with Gasteiger partial charge in [0.05, 0.1) is 6.54 Å². The number of rotatable bonds is 8. The highest BCUT2D eigenvalue weighted by molar-refractivity contribution is 5.97. The van der Waals surface area contributed by atoms with Gasteiger partial charge in [0.2, 0.25) is 5.91 Å². The fourth-order valence-electron chi connectivity index (χ4n) is 5.17. The Balaban J connectivity index is 1.17. The van der Waals surface area contributed by atoms with Crippen LogP contribution in [0.25, 0.3) is 0 Å². The Morgan fingerprint density at radius 2 is 1.44 bits per heavy atom. The van der Waals surface area contributed by atoms with Crippen LogP contribution in [-0.2, 0) is 20.9 Å². The topological polar surface area (TPSA) is 84.9 Å². The first-order valence-electron chi connectivity index (χ1n) is 12.2. The molecule has 3 aromatic carbocycles. The summed E-state index contributed by atoms with van der Waals surface area (Å²) in [5.74, 6) is 0.334. The number of benzene rings is 3. The lowest BCUT2D eigenvalue weighted by atomic mass is 9.88. The van der Waals surface area contributed by atoms with Gasteiger partial charge in [-0.1, -0.05) is 48.5 Å². The lowest BCUT2D eigenvalue weighted by Gasteiger charge is -2.32. The van der Waals surface area contributed by atoms with Crippen molar-refractivity contribution in [3.05, 3.63) is 96.1 Å². The van der Waals surface area contributed by atoms with Crippen LogP contribution in [0.5, 0.6) is 11.5 Å². The molecule has 2 aliphatic heterocycles. The first-order chi connectivity index (χ1) is 17.5. The van der Waals surface area contributed by atoms with Gasteiger partial charge in [-0.2, -0.15) is 0 Å². The van der Waals surface area contributed by atoms with Gasteiger partial charge >= 0.3 is 5.97 Å². The Bertz CT molecular complexity index is 1220. The molecule has 184 valence electrons. The molecule has 1 N–H and O–H groups in total. The van der Waals surface area contributed by atoms with E-state index < -0.39 is 5.54 Å². The van der Waals surface area contributed by atoms with Gasteiger partial charge < -0.3 is 19.7 Å². The molecular formula is C29H28N2O5. The van der Waals surface area contributed by atoms with Crippen LogP contribution >= 0.6 is 0 Å². The Morgan fingerprint density at radius 3 is 2.11 bits per heavy atom. The van der Waals surface area contributed by atoms with Crippen molar-refractivity contribution in [2.45, 2.75) is 43.9 Å². The van der Waals surface area contributed by atoms with Gasteiger partial charge in [0, 0.05) is 11.6 Å². The third-order valence-corrected chi connectivity index (χ3v) is 6.97. The summed E-state index contributed by atoms with van der Waals surface area (Å²) in [7, 11) is 0. The number of carbonyl (C=O) groups excluding carboxylic acids is 3. The molecule has 2 fully saturated rings. The van der Waals surface area contributed by atoms with Gasteiger partial charge in [-0.15, -0.1) is 0 Å². The second-order valence-corrected chi connectivity index (χ2v) is 9.21. The zero-order valence-electron chi connectivity index (χ0n) is 19.9. The lowest BCUT2D eigenvalue weighted by molar-refractivity contribution is -0.161. The van der Waals surface area contributed by atoms with Crippen molar-refractivity contribution < 1.29 is 23.9 Å². The molecule has 0 unspecified atom stereocenters. The predicted molar refractivity (Wildman–Crippen MR) is 133 cm³/mol. The average molecular weight is 485 g/mol. The quantitative estimate of drug-likeness (QED) is 0.477. The third kappa shape index (κ3) is 4.82. The number of hydrogen-bond acceptors (Lipinski definition) is 5. The summed E-state index contributed by atoms with van der Waals surface area (Å²) in [6.45, 7) is 0.000153. The van der Waals surface area contributed by atoms with Crippen molar-refractivity contribution in [2.24, 2.45) is 0 Å². The summed E-state index contributed by atoms with van der Waals surface area (Å²) in [6.07, 6.45) is 2.72. The fourth-order valence-corrected chi connectivity index (χ4v) is 5.17. The Labute approximate surface area is 210 Å². The standard InChI is InChI=1S/C29H28N2O5/c32-26(19-30-27(33)22-11-13-25(14-12-22)36-24-9-5-2-6-10-24)31-23-15-17-29(31,18-16-23)28(34)35-20-21-7-3-1-4-8-21/h1-14,23H,15-20H2,(H,30,33). The maximum atomic E-state index is 13.2. The molecule has 0 saturated carbocycles. The number of nitrogens with one attached hydrogen (secondary N) is 1. The van der Waals surface area contributed by atoms with E-state index in [2.05, 4.69) is 5.32 Å². The minimum absolute atomic E-state index is 0.00750. The van der Waals surface area contributed by atoms with Gasteiger partial charge in [-0.05, 0) is 67.6 Å². The second-order valence-electron chi connectivity index (χ2n) is 9.21. The molecule has 3 aromatic rings. The van der Waals surface area contributed by atoms with Gasteiger partial charge in [-0.3, -0.25) is 9.59 Å². The number of hydrogen-bond donors (Lipinski definition) is 1. The van der Waals surface area contributed by atoms with Crippen LogP contribution in [0.2, 0.25) is 0 Å². The molecule has 0 spiro atoms.